The number of anilines is 3. The molecule has 0 amide bonds. The van der Waals surface area contributed by atoms with Crippen molar-refractivity contribution < 1.29 is 13.3 Å². The number of oxazole rings is 1. The molecule has 0 fully saturated rings. The van der Waals surface area contributed by atoms with E-state index in [-0.39, 0.29) is 0 Å². The summed E-state index contributed by atoms with van der Waals surface area (Å²) in [5.41, 5.74) is 9.18. The van der Waals surface area contributed by atoms with Gasteiger partial charge in [-0.3, -0.25) is 0 Å². The van der Waals surface area contributed by atoms with Crippen molar-refractivity contribution in [3.8, 4) is 11.5 Å². The highest BCUT2D eigenvalue weighted by Gasteiger charge is 2.22. The molecule has 0 bridgehead atoms. The fraction of sp³-hybridized carbons (Fsp3) is 0. The largest absolute Gasteiger partial charge is 0.456 e. The Balaban J connectivity index is 1.12. The summed E-state index contributed by atoms with van der Waals surface area (Å²) >= 11 is 0. The lowest BCUT2D eigenvalue weighted by Gasteiger charge is -2.25. The predicted molar refractivity (Wildman–Crippen MR) is 177 cm³/mol. The van der Waals surface area contributed by atoms with Gasteiger partial charge in [0.25, 0.3) is 0 Å². The standard InChI is InChI=1S/C39H22N2O3/c1-2-8-24(9-3-1)41(26-20-21-32-30(22-26)27-10-4-5-13-31(27)42-32)25-18-16-23(17-19-25)39-40-37-28-11-6-14-33-35(28)36-29(38(37)44-39)12-7-15-34(36)43-33/h1-22H. The monoisotopic (exact) mass is 566 g/mol. The van der Waals surface area contributed by atoms with Crippen LogP contribution < -0.4 is 4.90 Å². The Morgan fingerprint density at radius 1 is 0.432 bits per heavy atom. The second-order valence-corrected chi connectivity index (χ2v) is 11.2. The number of nitrogens with zero attached hydrogens (tertiary/aromatic N) is 2. The number of aromatic nitrogens is 1. The van der Waals surface area contributed by atoms with Crippen LogP contribution in [0.15, 0.2) is 147 Å². The molecular weight excluding hydrogens is 544 g/mol. The number of fused-ring (bicyclic) bond motifs is 6. The summed E-state index contributed by atoms with van der Waals surface area (Å²) in [7, 11) is 0. The Labute approximate surface area is 250 Å². The molecule has 5 nitrogen and oxygen atoms in total. The van der Waals surface area contributed by atoms with Crippen molar-refractivity contribution in [3.63, 3.8) is 0 Å². The summed E-state index contributed by atoms with van der Waals surface area (Å²) in [5.74, 6) is 0.593. The molecule has 0 atom stereocenters. The van der Waals surface area contributed by atoms with Gasteiger partial charge in [0.05, 0.1) is 0 Å². The van der Waals surface area contributed by atoms with Crippen LogP contribution in [0.25, 0.3) is 77.2 Å². The van der Waals surface area contributed by atoms with Crippen LogP contribution in [0.5, 0.6) is 0 Å². The molecule has 0 unspecified atom stereocenters. The normalized spacial score (nSPS) is 12.1. The molecule has 10 aromatic rings. The van der Waals surface area contributed by atoms with Gasteiger partial charge in [-0.15, -0.1) is 0 Å². The predicted octanol–water partition coefficient (Wildman–Crippen LogP) is 11.4. The smallest absolute Gasteiger partial charge is 0.227 e. The summed E-state index contributed by atoms with van der Waals surface area (Å²) < 4.78 is 18.8. The van der Waals surface area contributed by atoms with Crippen LogP contribution in [-0.2, 0) is 0 Å². The molecule has 206 valence electrons. The van der Waals surface area contributed by atoms with E-state index in [1.54, 1.807) is 0 Å². The maximum Gasteiger partial charge on any atom is 0.227 e. The molecule has 0 saturated carbocycles. The zero-order valence-electron chi connectivity index (χ0n) is 23.3. The molecule has 0 aliphatic carbocycles. The molecule has 0 spiro atoms. The first-order valence-corrected chi connectivity index (χ1v) is 14.6. The number of hydrogen-bond acceptors (Lipinski definition) is 5. The fourth-order valence-electron chi connectivity index (χ4n) is 6.69. The van der Waals surface area contributed by atoms with E-state index in [1.165, 1.54) is 0 Å². The van der Waals surface area contributed by atoms with Crippen molar-refractivity contribution in [2.75, 3.05) is 4.90 Å². The van der Waals surface area contributed by atoms with Gasteiger partial charge in [-0.25, -0.2) is 4.98 Å². The number of benzene rings is 7. The van der Waals surface area contributed by atoms with Gasteiger partial charge in [-0.05, 0) is 72.8 Å². The molecule has 0 aliphatic rings. The Morgan fingerprint density at radius 3 is 1.89 bits per heavy atom. The van der Waals surface area contributed by atoms with E-state index < -0.39 is 0 Å². The third kappa shape index (κ3) is 3.26. The Morgan fingerprint density at radius 2 is 1.05 bits per heavy atom. The third-order valence-corrected chi connectivity index (χ3v) is 8.65. The van der Waals surface area contributed by atoms with Gasteiger partial charge in [0, 0.05) is 54.9 Å². The lowest BCUT2D eigenvalue weighted by atomic mass is 10.0. The molecule has 0 saturated heterocycles. The lowest BCUT2D eigenvalue weighted by Crippen LogP contribution is -2.09. The molecule has 5 heteroatoms. The topological polar surface area (TPSA) is 55.6 Å². The first-order chi connectivity index (χ1) is 21.8. The van der Waals surface area contributed by atoms with Gasteiger partial charge >= 0.3 is 0 Å². The van der Waals surface area contributed by atoms with Crippen LogP contribution in [0.1, 0.15) is 0 Å². The SMILES string of the molecule is c1ccc(N(c2ccc(-c3nc4c5cccc6oc7cccc(c4o3)c7c65)cc2)c2ccc3oc4ccccc4c3c2)cc1. The Bertz CT molecular complexity index is 2580. The highest BCUT2D eigenvalue weighted by Crippen LogP contribution is 2.44. The number of rotatable bonds is 4. The van der Waals surface area contributed by atoms with Crippen molar-refractivity contribution in [3.05, 3.63) is 133 Å². The van der Waals surface area contributed by atoms with E-state index >= 15 is 0 Å². The second-order valence-electron chi connectivity index (χ2n) is 11.2. The molecule has 3 aromatic heterocycles. The third-order valence-electron chi connectivity index (χ3n) is 8.65. The van der Waals surface area contributed by atoms with Gasteiger partial charge in [-0.2, -0.15) is 0 Å². The Kier molecular flexibility index (Phi) is 4.66. The zero-order chi connectivity index (χ0) is 28.8. The summed E-state index contributed by atoms with van der Waals surface area (Å²) in [6.07, 6.45) is 0. The van der Waals surface area contributed by atoms with Crippen LogP contribution in [-0.4, -0.2) is 4.98 Å². The molecule has 0 N–H and O–H groups in total. The minimum Gasteiger partial charge on any atom is -0.456 e. The molecular formula is C39H22N2O3. The van der Waals surface area contributed by atoms with Gasteiger partial charge in [-0.1, -0.05) is 60.7 Å². The number of para-hydroxylation sites is 2. The van der Waals surface area contributed by atoms with Gasteiger partial charge in [0.2, 0.25) is 5.89 Å². The zero-order valence-corrected chi connectivity index (χ0v) is 23.3. The van der Waals surface area contributed by atoms with Gasteiger partial charge < -0.3 is 18.2 Å². The van der Waals surface area contributed by atoms with Crippen LogP contribution in [0, 0.1) is 0 Å². The van der Waals surface area contributed by atoms with E-state index in [1.807, 2.05) is 48.5 Å². The van der Waals surface area contributed by atoms with Crippen LogP contribution in [0.2, 0.25) is 0 Å². The summed E-state index contributed by atoms with van der Waals surface area (Å²) in [6.45, 7) is 0. The van der Waals surface area contributed by atoms with Gasteiger partial charge in [0.15, 0.2) is 5.58 Å². The van der Waals surface area contributed by atoms with E-state index in [4.69, 9.17) is 18.2 Å². The summed E-state index contributed by atoms with van der Waals surface area (Å²) in [6, 6.07) is 45.6. The Hall–Kier alpha value is -6.07. The van der Waals surface area contributed by atoms with Crippen molar-refractivity contribution in [1.29, 1.82) is 0 Å². The highest BCUT2D eigenvalue weighted by molar-refractivity contribution is 6.31. The van der Waals surface area contributed by atoms with E-state index in [2.05, 4.69) is 89.8 Å². The molecule has 7 aromatic carbocycles. The highest BCUT2D eigenvalue weighted by atomic mass is 16.4. The molecule has 10 rings (SSSR count). The summed E-state index contributed by atoms with van der Waals surface area (Å²) in [4.78, 5) is 7.28. The number of hydrogen-bond donors (Lipinski definition) is 0. The first kappa shape index (κ1) is 23.5. The van der Waals surface area contributed by atoms with Crippen molar-refractivity contribution in [2.24, 2.45) is 0 Å². The first-order valence-electron chi connectivity index (χ1n) is 14.6. The van der Waals surface area contributed by atoms with Crippen LogP contribution >= 0.6 is 0 Å². The minimum atomic E-state index is 0.593. The maximum absolute atomic E-state index is 6.51. The minimum absolute atomic E-state index is 0.593. The van der Waals surface area contributed by atoms with Crippen molar-refractivity contribution in [2.45, 2.75) is 0 Å². The molecule has 3 heterocycles. The fourth-order valence-corrected chi connectivity index (χ4v) is 6.69. The second kappa shape index (κ2) is 8.72. The van der Waals surface area contributed by atoms with E-state index in [9.17, 15) is 0 Å². The maximum atomic E-state index is 6.51. The van der Waals surface area contributed by atoms with E-state index in [0.29, 0.717) is 5.89 Å². The van der Waals surface area contributed by atoms with E-state index in [0.717, 1.165) is 88.4 Å². The van der Waals surface area contributed by atoms with Crippen molar-refractivity contribution >= 4 is 82.8 Å². The molecule has 44 heavy (non-hydrogen) atoms. The quantitative estimate of drug-likeness (QED) is 0.198. The molecule has 0 aliphatic heterocycles. The average molecular weight is 567 g/mol. The lowest BCUT2D eigenvalue weighted by molar-refractivity contribution is 0.623. The molecule has 0 radical (unpaired) electrons. The average Bonchev–Trinajstić information content (AvgIpc) is 3.79. The van der Waals surface area contributed by atoms with Crippen molar-refractivity contribution in [1.82, 2.24) is 4.98 Å². The van der Waals surface area contributed by atoms with Crippen LogP contribution in [0.4, 0.5) is 17.1 Å². The summed E-state index contributed by atoms with van der Waals surface area (Å²) in [5, 5.41) is 6.44. The van der Waals surface area contributed by atoms with Crippen LogP contribution in [0.3, 0.4) is 0 Å². The van der Waals surface area contributed by atoms with Gasteiger partial charge in [0.1, 0.15) is 27.8 Å². The number of furan rings is 2.